The van der Waals surface area contributed by atoms with Crippen LogP contribution in [0.15, 0.2) is 29.4 Å². The van der Waals surface area contributed by atoms with Crippen LogP contribution in [0.2, 0.25) is 0 Å². The third kappa shape index (κ3) is 4.03. The van der Waals surface area contributed by atoms with Crippen molar-refractivity contribution in [2.45, 2.75) is 31.9 Å². The van der Waals surface area contributed by atoms with Gasteiger partial charge in [-0.1, -0.05) is 17.3 Å². The number of ether oxygens (including phenoxy) is 1. The highest BCUT2D eigenvalue weighted by molar-refractivity contribution is 5.95. The zero-order valence-corrected chi connectivity index (χ0v) is 12.3. The molecule has 1 unspecified atom stereocenters. The van der Waals surface area contributed by atoms with E-state index in [0.29, 0.717) is 18.6 Å². The summed E-state index contributed by atoms with van der Waals surface area (Å²) >= 11 is 0. The minimum atomic E-state index is -0.762. The summed E-state index contributed by atoms with van der Waals surface area (Å²) in [5.41, 5.74) is 1.57. The normalized spacial score (nSPS) is 18.1. The first-order chi connectivity index (χ1) is 10.5. The lowest BCUT2D eigenvalue weighted by atomic mass is 10.0. The maximum atomic E-state index is 12.8. The second kappa shape index (κ2) is 7.02. The van der Waals surface area contributed by atoms with E-state index in [9.17, 15) is 14.0 Å². The largest absolute Gasteiger partial charge is 0.467 e. The van der Waals surface area contributed by atoms with Gasteiger partial charge < -0.3 is 14.9 Å². The summed E-state index contributed by atoms with van der Waals surface area (Å²) in [7, 11) is 1.25. The van der Waals surface area contributed by atoms with Gasteiger partial charge in [-0.2, -0.15) is 0 Å². The maximum absolute atomic E-state index is 12.8. The number of hydrogen-bond donors (Lipinski definition) is 1. The predicted octanol–water partition coefficient (Wildman–Crippen LogP) is 1.19. The van der Waals surface area contributed by atoms with Crippen LogP contribution < -0.4 is 5.32 Å². The van der Waals surface area contributed by atoms with Crippen LogP contribution in [0.4, 0.5) is 4.39 Å². The molecule has 1 aliphatic rings. The molecule has 1 aromatic rings. The SMILES string of the molecule is COC(=O)[C@@H](C)NC(=O)C1CC(Cc2ccc(F)cc2)=NO1. The molecule has 7 heteroatoms. The van der Waals surface area contributed by atoms with Crippen LogP contribution in [0.3, 0.4) is 0 Å². The van der Waals surface area contributed by atoms with Crippen molar-refractivity contribution in [3.63, 3.8) is 0 Å². The molecule has 1 N–H and O–H groups in total. The van der Waals surface area contributed by atoms with Crippen LogP contribution in [0.25, 0.3) is 0 Å². The molecule has 0 aromatic heterocycles. The highest BCUT2D eigenvalue weighted by atomic mass is 19.1. The van der Waals surface area contributed by atoms with Gasteiger partial charge >= 0.3 is 5.97 Å². The molecule has 2 rings (SSSR count). The van der Waals surface area contributed by atoms with Gasteiger partial charge in [-0.3, -0.25) is 4.79 Å². The molecule has 0 saturated carbocycles. The van der Waals surface area contributed by atoms with Crippen LogP contribution in [0, 0.1) is 5.82 Å². The van der Waals surface area contributed by atoms with Gasteiger partial charge in [0.05, 0.1) is 12.8 Å². The summed E-state index contributed by atoms with van der Waals surface area (Å²) in [5, 5.41) is 6.38. The Kier molecular flexibility index (Phi) is 5.08. The lowest BCUT2D eigenvalue weighted by Gasteiger charge is -2.13. The van der Waals surface area contributed by atoms with Crippen molar-refractivity contribution >= 4 is 17.6 Å². The Bertz CT molecular complexity index is 586. The van der Waals surface area contributed by atoms with Crippen molar-refractivity contribution < 1.29 is 23.6 Å². The van der Waals surface area contributed by atoms with Gasteiger partial charge in [0.25, 0.3) is 5.91 Å². The summed E-state index contributed by atoms with van der Waals surface area (Å²) in [4.78, 5) is 28.3. The average molecular weight is 308 g/mol. The molecule has 0 saturated heterocycles. The number of esters is 1. The van der Waals surface area contributed by atoms with E-state index in [2.05, 4.69) is 15.2 Å². The molecule has 0 radical (unpaired) electrons. The molecule has 2 atom stereocenters. The van der Waals surface area contributed by atoms with Crippen molar-refractivity contribution in [2.75, 3.05) is 7.11 Å². The summed E-state index contributed by atoms with van der Waals surface area (Å²) in [6.45, 7) is 1.53. The van der Waals surface area contributed by atoms with Crippen LogP contribution in [0.5, 0.6) is 0 Å². The number of carbonyl (C=O) groups excluding carboxylic acids is 2. The van der Waals surface area contributed by atoms with E-state index in [0.717, 1.165) is 5.56 Å². The highest BCUT2D eigenvalue weighted by Crippen LogP contribution is 2.15. The number of benzene rings is 1. The number of halogens is 1. The molecule has 0 fully saturated rings. The van der Waals surface area contributed by atoms with E-state index in [1.807, 2.05) is 0 Å². The van der Waals surface area contributed by atoms with E-state index in [1.165, 1.54) is 26.2 Å². The monoisotopic (exact) mass is 308 g/mol. The Labute approximate surface area is 127 Å². The van der Waals surface area contributed by atoms with Crippen LogP contribution in [-0.2, 0) is 25.6 Å². The van der Waals surface area contributed by atoms with Crippen molar-refractivity contribution in [2.24, 2.45) is 5.16 Å². The van der Waals surface area contributed by atoms with E-state index >= 15 is 0 Å². The Balaban J connectivity index is 1.85. The first-order valence-electron chi connectivity index (χ1n) is 6.84. The molecule has 6 nitrogen and oxygen atoms in total. The highest BCUT2D eigenvalue weighted by Gasteiger charge is 2.30. The van der Waals surface area contributed by atoms with Crippen molar-refractivity contribution in [1.82, 2.24) is 5.32 Å². The maximum Gasteiger partial charge on any atom is 0.328 e. The number of methoxy groups -OCH3 is 1. The number of amides is 1. The molecule has 118 valence electrons. The standard InChI is InChI=1S/C15H17FN2O4/c1-9(15(20)21-2)17-14(19)13-8-12(18-22-13)7-10-3-5-11(16)6-4-10/h3-6,9,13H,7-8H2,1-2H3,(H,17,19)/t9-,13?/m1/s1. The Morgan fingerprint density at radius 1 is 1.45 bits per heavy atom. The van der Waals surface area contributed by atoms with Crippen molar-refractivity contribution in [3.05, 3.63) is 35.6 Å². The zero-order valence-electron chi connectivity index (χ0n) is 12.3. The van der Waals surface area contributed by atoms with E-state index < -0.39 is 24.0 Å². The quantitative estimate of drug-likeness (QED) is 0.829. The average Bonchev–Trinajstić information content (AvgIpc) is 2.97. The fourth-order valence-electron chi connectivity index (χ4n) is 2.05. The Hall–Kier alpha value is -2.44. The summed E-state index contributed by atoms with van der Waals surface area (Å²) in [6, 6.07) is 5.30. The zero-order chi connectivity index (χ0) is 16.1. The van der Waals surface area contributed by atoms with Crippen LogP contribution in [-0.4, -0.2) is 36.8 Å². The van der Waals surface area contributed by atoms with Crippen molar-refractivity contribution in [3.8, 4) is 0 Å². The molecule has 1 aliphatic heterocycles. The lowest BCUT2D eigenvalue weighted by molar-refractivity contribution is -0.146. The minimum Gasteiger partial charge on any atom is -0.467 e. The van der Waals surface area contributed by atoms with Gasteiger partial charge in [-0.05, 0) is 24.6 Å². The number of rotatable bonds is 5. The number of oxime groups is 1. The molecule has 0 bridgehead atoms. The Morgan fingerprint density at radius 3 is 2.77 bits per heavy atom. The summed E-state index contributed by atoms with van der Waals surface area (Å²) in [6.07, 6.45) is 0.0517. The second-order valence-corrected chi connectivity index (χ2v) is 5.01. The lowest BCUT2D eigenvalue weighted by Crippen LogP contribution is -2.44. The Morgan fingerprint density at radius 2 is 2.14 bits per heavy atom. The third-order valence-electron chi connectivity index (χ3n) is 3.26. The number of nitrogens with one attached hydrogen (secondary N) is 1. The fourth-order valence-corrected chi connectivity index (χ4v) is 2.05. The van der Waals surface area contributed by atoms with E-state index in [1.54, 1.807) is 12.1 Å². The number of hydrogen-bond acceptors (Lipinski definition) is 5. The number of carbonyl (C=O) groups is 2. The fraction of sp³-hybridized carbons (Fsp3) is 0.400. The van der Waals surface area contributed by atoms with Crippen molar-refractivity contribution in [1.29, 1.82) is 0 Å². The van der Waals surface area contributed by atoms with Gasteiger partial charge in [0.1, 0.15) is 11.9 Å². The van der Waals surface area contributed by atoms with E-state index in [4.69, 9.17) is 4.84 Å². The van der Waals surface area contributed by atoms with Gasteiger partial charge in [-0.25, -0.2) is 9.18 Å². The minimum absolute atomic E-state index is 0.303. The van der Waals surface area contributed by atoms with Gasteiger partial charge in [-0.15, -0.1) is 0 Å². The molecule has 1 aromatic carbocycles. The molecule has 0 aliphatic carbocycles. The second-order valence-electron chi connectivity index (χ2n) is 5.01. The first kappa shape index (κ1) is 15.9. The van der Waals surface area contributed by atoms with Gasteiger partial charge in [0.15, 0.2) is 0 Å². The van der Waals surface area contributed by atoms with Crippen LogP contribution >= 0.6 is 0 Å². The smallest absolute Gasteiger partial charge is 0.328 e. The molecular formula is C15H17FN2O4. The molecule has 22 heavy (non-hydrogen) atoms. The molecular weight excluding hydrogens is 291 g/mol. The molecule has 0 spiro atoms. The molecule has 1 amide bonds. The summed E-state index contributed by atoms with van der Waals surface area (Å²) in [5.74, 6) is -1.25. The molecule has 1 heterocycles. The number of nitrogens with zero attached hydrogens (tertiary/aromatic N) is 1. The summed E-state index contributed by atoms with van der Waals surface area (Å²) < 4.78 is 17.4. The van der Waals surface area contributed by atoms with E-state index in [-0.39, 0.29) is 5.82 Å². The third-order valence-corrected chi connectivity index (χ3v) is 3.26. The first-order valence-corrected chi connectivity index (χ1v) is 6.84. The topological polar surface area (TPSA) is 77.0 Å². The van der Waals surface area contributed by atoms with Crippen LogP contribution in [0.1, 0.15) is 18.9 Å². The van der Waals surface area contributed by atoms with Gasteiger partial charge in [0, 0.05) is 12.8 Å². The van der Waals surface area contributed by atoms with Gasteiger partial charge in [0.2, 0.25) is 6.10 Å². The predicted molar refractivity (Wildman–Crippen MR) is 76.6 cm³/mol.